The van der Waals surface area contributed by atoms with Crippen LogP contribution in [0.4, 0.5) is 4.39 Å². The standard InChI is InChI=1S/C17H16FNO3/c18-15-8-4-7-13(10-15)16(20)19-11-14(17(21)22)9-12-5-2-1-3-6-12/h1-8,10,14H,9,11H2,(H,19,20)(H,21,22)/t14-/m1/s1. The van der Waals surface area contributed by atoms with Gasteiger partial charge in [0.2, 0.25) is 0 Å². The normalized spacial score (nSPS) is 11.7. The molecule has 2 aromatic rings. The van der Waals surface area contributed by atoms with Crippen LogP contribution in [0.3, 0.4) is 0 Å². The molecule has 0 spiro atoms. The number of amides is 1. The molecule has 0 aromatic heterocycles. The van der Waals surface area contributed by atoms with Crippen molar-refractivity contribution in [1.29, 1.82) is 0 Å². The summed E-state index contributed by atoms with van der Waals surface area (Å²) >= 11 is 0. The molecule has 4 nitrogen and oxygen atoms in total. The maximum absolute atomic E-state index is 13.1. The summed E-state index contributed by atoms with van der Waals surface area (Å²) in [5.41, 5.74) is 1.05. The van der Waals surface area contributed by atoms with Crippen LogP contribution in [0.25, 0.3) is 0 Å². The first-order valence-corrected chi connectivity index (χ1v) is 6.87. The lowest BCUT2D eigenvalue weighted by Gasteiger charge is -2.13. The molecule has 1 atom stereocenters. The van der Waals surface area contributed by atoms with Gasteiger partial charge in [-0.15, -0.1) is 0 Å². The monoisotopic (exact) mass is 301 g/mol. The van der Waals surface area contributed by atoms with Gasteiger partial charge in [-0.25, -0.2) is 4.39 Å². The molecule has 0 unspecified atom stereocenters. The quantitative estimate of drug-likeness (QED) is 0.861. The molecule has 0 aliphatic rings. The minimum atomic E-state index is -0.983. The van der Waals surface area contributed by atoms with E-state index in [4.69, 9.17) is 0 Å². The molecule has 2 aromatic carbocycles. The van der Waals surface area contributed by atoms with Crippen molar-refractivity contribution in [2.45, 2.75) is 6.42 Å². The lowest BCUT2D eigenvalue weighted by molar-refractivity contribution is -0.141. The van der Waals surface area contributed by atoms with Gasteiger partial charge in [0.1, 0.15) is 5.82 Å². The average Bonchev–Trinajstić information content (AvgIpc) is 2.51. The van der Waals surface area contributed by atoms with E-state index >= 15 is 0 Å². The van der Waals surface area contributed by atoms with Crippen LogP contribution < -0.4 is 5.32 Å². The van der Waals surface area contributed by atoms with Crippen molar-refractivity contribution in [1.82, 2.24) is 5.32 Å². The van der Waals surface area contributed by atoms with E-state index in [2.05, 4.69) is 5.32 Å². The number of benzene rings is 2. The van der Waals surface area contributed by atoms with Crippen LogP contribution in [0.2, 0.25) is 0 Å². The summed E-state index contributed by atoms with van der Waals surface area (Å²) in [6.45, 7) is -0.0143. The lowest BCUT2D eigenvalue weighted by atomic mass is 9.99. The van der Waals surface area contributed by atoms with Crippen LogP contribution in [-0.4, -0.2) is 23.5 Å². The molecular formula is C17H16FNO3. The Morgan fingerprint density at radius 3 is 2.45 bits per heavy atom. The highest BCUT2D eigenvalue weighted by atomic mass is 19.1. The Labute approximate surface area is 127 Å². The topological polar surface area (TPSA) is 66.4 Å². The second-order valence-electron chi connectivity index (χ2n) is 4.95. The Morgan fingerprint density at radius 1 is 1.09 bits per heavy atom. The van der Waals surface area contributed by atoms with Crippen molar-refractivity contribution >= 4 is 11.9 Å². The predicted molar refractivity (Wildman–Crippen MR) is 80.0 cm³/mol. The summed E-state index contributed by atoms with van der Waals surface area (Å²) in [5.74, 6) is -2.71. The molecule has 0 saturated carbocycles. The van der Waals surface area contributed by atoms with Crippen LogP contribution in [0.5, 0.6) is 0 Å². The molecule has 5 heteroatoms. The van der Waals surface area contributed by atoms with Crippen molar-refractivity contribution in [2.75, 3.05) is 6.54 Å². The zero-order valence-corrected chi connectivity index (χ0v) is 11.8. The number of carbonyl (C=O) groups excluding carboxylic acids is 1. The number of hydrogen-bond donors (Lipinski definition) is 2. The Morgan fingerprint density at radius 2 is 1.82 bits per heavy atom. The van der Waals surface area contributed by atoms with Gasteiger partial charge < -0.3 is 10.4 Å². The smallest absolute Gasteiger partial charge is 0.308 e. The zero-order chi connectivity index (χ0) is 15.9. The second-order valence-corrected chi connectivity index (χ2v) is 4.95. The highest BCUT2D eigenvalue weighted by Crippen LogP contribution is 2.09. The highest BCUT2D eigenvalue weighted by Gasteiger charge is 2.19. The third-order valence-electron chi connectivity index (χ3n) is 3.27. The molecule has 0 fully saturated rings. The van der Waals surface area contributed by atoms with Gasteiger partial charge in [0, 0.05) is 12.1 Å². The van der Waals surface area contributed by atoms with Gasteiger partial charge >= 0.3 is 5.97 Å². The van der Waals surface area contributed by atoms with E-state index in [1.54, 1.807) is 0 Å². The van der Waals surface area contributed by atoms with Crippen molar-refractivity contribution in [3.05, 3.63) is 71.5 Å². The summed E-state index contributed by atoms with van der Waals surface area (Å²) < 4.78 is 13.1. The number of nitrogens with one attached hydrogen (secondary N) is 1. The van der Waals surface area contributed by atoms with Crippen molar-refractivity contribution in [3.8, 4) is 0 Å². The molecule has 0 radical (unpaired) electrons. The maximum Gasteiger partial charge on any atom is 0.308 e. The zero-order valence-electron chi connectivity index (χ0n) is 11.8. The summed E-state index contributed by atoms with van der Waals surface area (Å²) in [5, 5.41) is 11.8. The molecule has 2 rings (SSSR count). The van der Waals surface area contributed by atoms with E-state index in [1.165, 1.54) is 18.2 Å². The number of carboxylic acid groups (broad SMARTS) is 1. The molecule has 0 bridgehead atoms. The average molecular weight is 301 g/mol. The van der Waals surface area contributed by atoms with E-state index in [-0.39, 0.29) is 12.1 Å². The van der Waals surface area contributed by atoms with Crippen LogP contribution in [0, 0.1) is 11.7 Å². The van der Waals surface area contributed by atoms with E-state index in [1.807, 2.05) is 30.3 Å². The Hall–Kier alpha value is -2.69. The first-order chi connectivity index (χ1) is 10.6. The molecule has 0 heterocycles. The fourth-order valence-corrected chi connectivity index (χ4v) is 2.09. The van der Waals surface area contributed by atoms with Gasteiger partial charge in [0.05, 0.1) is 5.92 Å². The van der Waals surface area contributed by atoms with Gasteiger partial charge in [-0.1, -0.05) is 36.4 Å². The summed E-state index contributed by atoms with van der Waals surface area (Å²) in [6.07, 6.45) is 0.319. The molecule has 114 valence electrons. The largest absolute Gasteiger partial charge is 0.481 e. The molecule has 0 aliphatic carbocycles. The molecule has 1 amide bonds. The molecule has 2 N–H and O–H groups in total. The fraction of sp³-hybridized carbons (Fsp3) is 0.176. The number of rotatable bonds is 6. The Kier molecular flexibility index (Phi) is 5.25. The number of halogens is 1. The summed E-state index contributed by atoms with van der Waals surface area (Å²) in [7, 11) is 0. The van der Waals surface area contributed by atoms with Gasteiger partial charge in [0.25, 0.3) is 5.91 Å². The van der Waals surface area contributed by atoms with Crippen molar-refractivity contribution in [2.24, 2.45) is 5.92 Å². The highest BCUT2D eigenvalue weighted by molar-refractivity contribution is 5.94. The van der Waals surface area contributed by atoms with Crippen molar-refractivity contribution < 1.29 is 19.1 Å². The SMILES string of the molecule is O=C(NC[C@@H](Cc1ccccc1)C(=O)O)c1cccc(F)c1. The third kappa shape index (κ3) is 4.41. The predicted octanol–water partition coefficient (Wildman–Crippen LogP) is 2.50. The van der Waals surface area contributed by atoms with E-state index in [0.717, 1.165) is 11.6 Å². The van der Waals surface area contributed by atoms with E-state index < -0.39 is 23.6 Å². The van der Waals surface area contributed by atoms with Gasteiger partial charge in [0.15, 0.2) is 0 Å². The van der Waals surface area contributed by atoms with Gasteiger partial charge in [-0.05, 0) is 30.2 Å². The van der Waals surface area contributed by atoms with E-state index in [0.29, 0.717) is 6.42 Å². The molecular weight excluding hydrogens is 285 g/mol. The number of carboxylic acids is 1. The Bertz CT molecular complexity index is 658. The number of carbonyl (C=O) groups is 2. The van der Waals surface area contributed by atoms with Gasteiger partial charge in [-0.3, -0.25) is 9.59 Å². The first kappa shape index (κ1) is 15.7. The van der Waals surface area contributed by atoms with Crippen molar-refractivity contribution in [3.63, 3.8) is 0 Å². The third-order valence-corrected chi connectivity index (χ3v) is 3.27. The van der Waals surface area contributed by atoms with Crippen LogP contribution >= 0.6 is 0 Å². The minimum Gasteiger partial charge on any atom is -0.481 e. The van der Waals surface area contributed by atoms with Crippen LogP contribution in [-0.2, 0) is 11.2 Å². The molecule has 0 aliphatic heterocycles. The molecule has 22 heavy (non-hydrogen) atoms. The minimum absolute atomic E-state index is 0.0143. The lowest BCUT2D eigenvalue weighted by Crippen LogP contribution is -2.34. The Balaban J connectivity index is 1.97. The van der Waals surface area contributed by atoms with Crippen LogP contribution in [0.1, 0.15) is 15.9 Å². The summed E-state index contributed by atoms with van der Waals surface area (Å²) in [4.78, 5) is 23.2. The second kappa shape index (κ2) is 7.36. The fourth-order valence-electron chi connectivity index (χ4n) is 2.09. The molecule has 0 saturated heterocycles. The summed E-state index contributed by atoms with van der Waals surface area (Å²) in [6, 6.07) is 14.5. The van der Waals surface area contributed by atoms with Crippen LogP contribution in [0.15, 0.2) is 54.6 Å². The first-order valence-electron chi connectivity index (χ1n) is 6.87. The maximum atomic E-state index is 13.1. The number of aliphatic carboxylic acids is 1. The van der Waals surface area contributed by atoms with E-state index in [9.17, 15) is 19.1 Å². The van der Waals surface area contributed by atoms with Gasteiger partial charge in [-0.2, -0.15) is 0 Å². The number of hydrogen-bond acceptors (Lipinski definition) is 2.